The standard InChI is InChI=1S/C11H12BrN3S/c1-7-5-15-11(16-7)6-14-10-3-2-8(13)4-9(10)12/h2-5,14H,6,13H2,1H3. The van der Waals surface area contributed by atoms with E-state index in [-0.39, 0.29) is 0 Å². The second-order valence-corrected chi connectivity index (χ2v) is 5.63. The van der Waals surface area contributed by atoms with Gasteiger partial charge >= 0.3 is 0 Å². The van der Waals surface area contributed by atoms with Gasteiger partial charge in [0, 0.05) is 26.9 Å². The first kappa shape index (κ1) is 11.4. The average molecular weight is 298 g/mol. The Morgan fingerprint density at radius 1 is 1.50 bits per heavy atom. The van der Waals surface area contributed by atoms with Crippen LogP contribution in [0.3, 0.4) is 0 Å². The van der Waals surface area contributed by atoms with Crippen LogP contribution in [0.25, 0.3) is 0 Å². The van der Waals surface area contributed by atoms with Gasteiger partial charge in [0.15, 0.2) is 0 Å². The lowest BCUT2D eigenvalue weighted by atomic mass is 10.3. The summed E-state index contributed by atoms with van der Waals surface area (Å²) in [5, 5.41) is 4.40. The lowest BCUT2D eigenvalue weighted by molar-refractivity contribution is 1.10. The van der Waals surface area contributed by atoms with Crippen LogP contribution in [0, 0.1) is 6.92 Å². The molecule has 2 rings (SSSR count). The molecule has 1 heterocycles. The van der Waals surface area contributed by atoms with E-state index in [4.69, 9.17) is 5.73 Å². The van der Waals surface area contributed by atoms with E-state index < -0.39 is 0 Å². The minimum Gasteiger partial charge on any atom is -0.399 e. The van der Waals surface area contributed by atoms with Gasteiger partial charge in [-0.15, -0.1) is 11.3 Å². The topological polar surface area (TPSA) is 50.9 Å². The van der Waals surface area contributed by atoms with Gasteiger partial charge in [0.2, 0.25) is 0 Å². The number of anilines is 2. The largest absolute Gasteiger partial charge is 0.399 e. The molecule has 16 heavy (non-hydrogen) atoms. The summed E-state index contributed by atoms with van der Waals surface area (Å²) < 4.78 is 0.973. The molecule has 0 saturated heterocycles. The number of rotatable bonds is 3. The van der Waals surface area contributed by atoms with E-state index in [9.17, 15) is 0 Å². The summed E-state index contributed by atoms with van der Waals surface area (Å²) in [6, 6.07) is 5.72. The van der Waals surface area contributed by atoms with E-state index in [2.05, 4.69) is 33.2 Å². The lowest BCUT2D eigenvalue weighted by Gasteiger charge is -2.07. The Hall–Kier alpha value is -1.07. The molecule has 0 unspecified atom stereocenters. The first-order chi connectivity index (χ1) is 7.65. The Bertz CT molecular complexity index is 496. The summed E-state index contributed by atoms with van der Waals surface area (Å²) in [4.78, 5) is 5.52. The van der Waals surface area contributed by atoms with Crippen LogP contribution in [0.4, 0.5) is 11.4 Å². The van der Waals surface area contributed by atoms with Crippen molar-refractivity contribution in [2.75, 3.05) is 11.1 Å². The number of nitrogens with two attached hydrogens (primary N) is 1. The minimum absolute atomic E-state index is 0.737. The maximum Gasteiger partial charge on any atom is 0.112 e. The SMILES string of the molecule is Cc1cnc(CNc2ccc(N)cc2Br)s1. The third kappa shape index (κ3) is 2.74. The normalized spacial score (nSPS) is 10.4. The average Bonchev–Trinajstić information content (AvgIpc) is 2.63. The maximum atomic E-state index is 5.67. The van der Waals surface area contributed by atoms with E-state index >= 15 is 0 Å². The maximum absolute atomic E-state index is 5.67. The van der Waals surface area contributed by atoms with Crippen molar-refractivity contribution in [3.05, 3.63) is 38.8 Å². The number of halogens is 1. The highest BCUT2D eigenvalue weighted by Crippen LogP contribution is 2.25. The minimum atomic E-state index is 0.737. The Morgan fingerprint density at radius 2 is 2.31 bits per heavy atom. The number of nitrogen functional groups attached to an aromatic ring is 1. The molecule has 0 bridgehead atoms. The zero-order valence-electron chi connectivity index (χ0n) is 8.83. The van der Waals surface area contributed by atoms with Crippen molar-refractivity contribution in [1.29, 1.82) is 0 Å². The first-order valence-electron chi connectivity index (χ1n) is 4.85. The molecule has 0 aliphatic heterocycles. The molecule has 0 amide bonds. The van der Waals surface area contributed by atoms with E-state index in [1.54, 1.807) is 11.3 Å². The van der Waals surface area contributed by atoms with Crippen LogP contribution in [0.1, 0.15) is 9.88 Å². The molecule has 0 radical (unpaired) electrons. The van der Waals surface area contributed by atoms with Crippen LogP contribution in [-0.4, -0.2) is 4.98 Å². The van der Waals surface area contributed by atoms with Crippen molar-refractivity contribution in [2.45, 2.75) is 13.5 Å². The zero-order valence-corrected chi connectivity index (χ0v) is 11.2. The molecule has 84 valence electrons. The molecule has 0 aliphatic carbocycles. The van der Waals surface area contributed by atoms with Gasteiger partial charge < -0.3 is 11.1 Å². The van der Waals surface area contributed by atoms with Crippen LogP contribution < -0.4 is 11.1 Å². The number of aromatic nitrogens is 1. The number of nitrogens with one attached hydrogen (secondary N) is 1. The Morgan fingerprint density at radius 3 is 2.94 bits per heavy atom. The number of hydrogen-bond acceptors (Lipinski definition) is 4. The number of benzene rings is 1. The summed E-state index contributed by atoms with van der Waals surface area (Å²) in [6.07, 6.45) is 1.89. The van der Waals surface area contributed by atoms with Gasteiger partial charge in [-0.3, -0.25) is 0 Å². The van der Waals surface area contributed by atoms with Crippen molar-refractivity contribution in [3.8, 4) is 0 Å². The summed E-state index contributed by atoms with van der Waals surface area (Å²) >= 11 is 5.17. The van der Waals surface area contributed by atoms with Gasteiger partial charge in [-0.25, -0.2) is 4.98 Å². The molecule has 0 atom stereocenters. The smallest absolute Gasteiger partial charge is 0.112 e. The highest BCUT2D eigenvalue weighted by atomic mass is 79.9. The Balaban J connectivity index is 2.04. The van der Waals surface area contributed by atoms with Gasteiger partial charge in [-0.2, -0.15) is 0 Å². The van der Waals surface area contributed by atoms with Crippen molar-refractivity contribution >= 4 is 38.6 Å². The van der Waals surface area contributed by atoms with Crippen LogP contribution in [-0.2, 0) is 6.54 Å². The van der Waals surface area contributed by atoms with Crippen LogP contribution in [0.15, 0.2) is 28.9 Å². The van der Waals surface area contributed by atoms with Crippen LogP contribution in [0.2, 0.25) is 0 Å². The van der Waals surface area contributed by atoms with Crippen molar-refractivity contribution < 1.29 is 0 Å². The highest BCUT2D eigenvalue weighted by molar-refractivity contribution is 9.10. The Kier molecular flexibility index (Phi) is 3.46. The molecule has 1 aromatic heterocycles. The van der Waals surface area contributed by atoms with E-state index in [1.807, 2.05) is 24.4 Å². The predicted molar refractivity (Wildman–Crippen MR) is 72.7 cm³/mol. The summed E-state index contributed by atoms with van der Waals surface area (Å²) in [6.45, 7) is 2.79. The highest BCUT2D eigenvalue weighted by Gasteiger charge is 2.02. The lowest BCUT2D eigenvalue weighted by Crippen LogP contribution is -1.99. The fourth-order valence-corrected chi connectivity index (χ4v) is 2.59. The fourth-order valence-electron chi connectivity index (χ4n) is 1.33. The molecular weight excluding hydrogens is 286 g/mol. The monoisotopic (exact) mass is 297 g/mol. The predicted octanol–water partition coefficient (Wildman–Crippen LogP) is 3.41. The van der Waals surface area contributed by atoms with E-state index in [0.29, 0.717) is 0 Å². The molecule has 5 heteroatoms. The zero-order chi connectivity index (χ0) is 11.5. The van der Waals surface area contributed by atoms with Gasteiger partial charge in [-0.1, -0.05) is 0 Å². The molecule has 2 aromatic rings. The molecular formula is C11H12BrN3S. The summed E-state index contributed by atoms with van der Waals surface area (Å²) in [5.41, 5.74) is 7.45. The van der Waals surface area contributed by atoms with Crippen molar-refractivity contribution in [2.24, 2.45) is 0 Å². The van der Waals surface area contributed by atoms with Gasteiger partial charge in [0.05, 0.1) is 6.54 Å². The Labute approximate surface area is 107 Å². The van der Waals surface area contributed by atoms with Crippen LogP contribution >= 0.6 is 27.3 Å². The summed E-state index contributed by atoms with van der Waals surface area (Å²) in [7, 11) is 0. The molecule has 3 N–H and O–H groups in total. The van der Waals surface area contributed by atoms with E-state index in [1.165, 1.54) is 4.88 Å². The molecule has 0 spiro atoms. The number of nitrogens with zero attached hydrogens (tertiary/aromatic N) is 1. The van der Waals surface area contributed by atoms with Gasteiger partial charge in [0.25, 0.3) is 0 Å². The molecule has 0 fully saturated rings. The third-order valence-corrected chi connectivity index (χ3v) is 3.66. The van der Waals surface area contributed by atoms with Gasteiger partial charge in [0.1, 0.15) is 5.01 Å². The van der Waals surface area contributed by atoms with E-state index in [0.717, 1.165) is 27.4 Å². The fraction of sp³-hybridized carbons (Fsp3) is 0.182. The quantitative estimate of drug-likeness (QED) is 0.854. The molecule has 0 saturated carbocycles. The first-order valence-corrected chi connectivity index (χ1v) is 6.46. The summed E-state index contributed by atoms with van der Waals surface area (Å²) in [5.74, 6) is 0. The molecule has 3 nitrogen and oxygen atoms in total. The van der Waals surface area contributed by atoms with Crippen LogP contribution in [0.5, 0.6) is 0 Å². The number of thiazole rings is 1. The molecule has 0 aliphatic rings. The second kappa shape index (κ2) is 4.84. The second-order valence-electron chi connectivity index (χ2n) is 3.46. The number of aryl methyl sites for hydroxylation is 1. The van der Waals surface area contributed by atoms with Crippen molar-refractivity contribution in [1.82, 2.24) is 4.98 Å². The number of hydrogen-bond donors (Lipinski definition) is 2. The van der Waals surface area contributed by atoms with Gasteiger partial charge in [-0.05, 0) is 41.1 Å². The van der Waals surface area contributed by atoms with Crippen molar-refractivity contribution in [3.63, 3.8) is 0 Å². The third-order valence-electron chi connectivity index (χ3n) is 2.09. The molecule has 1 aromatic carbocycles.